The van der Waals surface area contributed by atoms with E-state index < -0.39 is 0 Å². The summed E-state index contributed by atoms with van der Waals surface area (Å²) in [6, 6.07) is 12.2. The second-order valence-electron chi connectivity index (χ2n) is 6.16. The number of aromatic nitrogens is 2. The maximum atomic E-state index is 11.3. The fourth-order valence-electron chi connectivity index (χ4n) is 2.90. The molecule has 4 rings (SSSR count). The lowest BCUT2D eigenvalue weighted by molar-refractivity contribution is -0.116. The lowest BCUT2D eigenvalue weighted by Gasteiger charge is -2.03. The van der Waals surface area contributed by atoms with Crippen molar-refractivity contribution in [3.05, 3.63) is 76.7 Å². The number of thiazole rings is 1. The normalized spacial score (nSPS) is 13.0. The number of hydrogen-bond acceptors (Lipinski definition) is 5. The minimum Gasteiger partial charge on any atom is -0.300 e. The zero-order chi connectivity index (χ0) is 17.9. The maximum absolute atomic E-state index is 11.3. The summed E-state index contributed by atoms with van der Waals surface area (Å²) in [5, 5.41) is 0.864. The maximum Gasteiger partial charge on any atom is 0.136 e. The molecule has 1 aliphatic heterocycles. The molecule has 0 spiro atoms. The predicted molar refractivity (Wildman–Crippen MR) is 105 cm³/mol. The minimum absolute atomic E-state index is 0.137. The van der Waals surface area contributed by atoms with Crippen molar-refractivity contribution in [2.45, 2.75) is 19.9 Å². The van der Waals surface area contributed by atoms with Gasteiger partial charge in [0.1, 0.15) is 10.8 Å². The van der Waals surface area contributed by atoms with Crippen molar-refractivity contribution < 1.29 is 4.79 Å². The highest BCUT2D eigenvalue weighted by Crippen LogP contribution is 2.30. The average Bonchev–Trinajstić information content (AvgIpc) is 3.27. The van der Waals surface area contributed by atoms with Crippen LogP contribution in [0.25, 0.3) is 16.5 Å². The summed E-state index contributed by atoms with van der Waals surface area (Å²) in [5.41, 5.74) is 5.40. The summed E-state index contributed by atoms with van der Waals surface area (Å²) >= 11 is 1.58. The summed E-state index contributed by atoms with van der Waals surface area (Å²) in [6.45, 7) is 2.28. The van der Waals surface area contributed by atoms with Crippen LogP contribution in [0.1, 0.15) is 28.8 Å². The Labute approximate surface area is 156 Å². The number of carbonyl (C=O) groups excluding carboxylic acids is 1. The zero-order valence-electron chi connectivity index (χ0n) is 14.3. The summed E-state index contributed by atoms with van der Waals surface area (Å²) in [4.78, 5) is 25.6. The van der Waals surface area contributed by atoms with Crippen LogP contribution < -0.4 is 0 Å². The molecule has 128 valence electrons. The first-order chi connectivity index (χ1) is 12.7. The summed E-state index contributed by atoms with van der Waals surface area (Å²) < 4.78 is 0. The van der Waals surface area contributed by atoms with Crippen molar-refractivity contribution >= 4 is 28.9 Å². The minimum atomic E-state index is 0.137. The van der Waals surface area contributed by atoms with Gasteiger partial charge in [-0.15, -0.1) is 11.3 Å². The number of pyridine rings is 1. The topological polar surface area (TPSA) is 55.2 Å². The molecule has 4 nitrogen and oxygen atoms in total. The number of benzene rings is 1. The molecule has 0 saturated carbocycles. The zero-order valence-corrected chi connectivity index (χ0v) is 15.2. The van der Waals surface area contributed by atoms with E-state index in [0.717, 1.165) is 32.4 Å². The molecule has 0 fully saturated rings. The molecule has 3 heterocycles. The number of carbonyl (C=O) groups is 1. The van der Waals surface area contributed by atoms with E-state index in [4.69, 9.17) is 0 Å². The van der Waals surface area contributed by atoms with E-state index >= 15 is 0 Å². The first-order valence-corrected chi connectivity index (χ1v) is 9.22. The molecule has 2 aromatic heterocycles. The second-order valence-corrected chi connectivity index (χ2v) is 7.27. The van der Waals surface area contributed by atoms with Crippen LogP contribution in [0.2, 0.25) is 0 Å². The Morgan fingerprint density at radius 1 is 1.19 bits per heavy atom. The third-order valence-electron chi connectivity index (χ3n) is 4.14. The van der Waals surface area contributed by atoms with Gasteiger partial charge in [0.2, 0.25) is 0 Å². The number of nitrogens with zero attached hydrogens (tertiary/aromatic N) is 3. The van der Waals surface area contributed by atoms with Gasteiger partial charge in [0, 0.05) is 18.0 Å². The Hall–Kier alpha value is -2.92. The van der Waals surface area contributed by atoms with Crippen LogP contribution in [-0.2, 0) is 17.8 Å². The highest BCUT2D eigenvalue weighted by Gasteiger charge is 2.15. The van der Waals surface area contributed by atoms with Crippen LogP contribution in [0, 0.1) is 0 Å². The molecule has 0 bridgehead atoms. The van der Waals surface area contributed by atoms with Gasteiger partial charge in [-0.25, -0.2) is 4.98 Å². The quantitative estimate of drug-likeness (QED) is 0.680. The van der Waals surface area contributed by atoms with Crippen molar-refractivity contribution in [2.24, 2.45) is 4.99 Å². The first-order valence-electron chi connectivity index (χ1n) is 8.40. The highest BCUT2D eigenvalue weighted by atomic mass is 32.1. The molecular weight excluding hydrogens is 342 g/mol. The van der Waals surface area contributed by atoms with Crippen LogP contribution in [-0.4, -0.2) is 21.5 Å². The van der Waals surface area contributed by atoms with E-state index in [1.807, 2.05) is 36.5 Å². The third-order valence-corrected chi connectivity index (χ3v) is 5.19. The van der Waals surface area contributed by atoms with Gasteiger partial charge in [-0.05, 0) is 48.4 Å². The molecule has 0 amide bonds. The van der Waals surface area contributed by atoms with Crippen molar-refractivity contribution in [3.63, 3.8) is 0 Å². The van der Waals surface area contributed by atoms with E-state index in [1.54, 1.807) is 24.5 Å². The number of fused-ring (bicyclic) bond motifs is 1. The fourth-order valence-corrected chi connectivity index (χ4v) is 3.89. The fraction of sp³-hybridized carbons (Fsp3) is 0.143. The van der Waals surface area contributed by atoms with Crippen LogP contribution in [0.15, 0.2) is 59.9 Å². The molecule has 3 aromatic rings. The molecule has 0 N–H and O–H groups in total. The molecule has 0 aliphatic carbocycles. The van der Waals surface area contributed by atoms with Gasteiger partial charge in [0.15, 0.2) is 0 Å². The Kier molecular flexibility index (Phi) is 4.54. The molecular formula is C21H17N3OS. The van der Waals surface area contributed by atoms with Crippen molar-refractivity contribution in [2.75, 3.05) is 0 Å². The lowest BCUT2D eigenvalue weighted by Crippen LogP contribution is -1.94. The van der Waals surface area contributed by atoms with Gasteiger partial charge in [-0.2, -0.15) is 0 Å². The van der Waals surface area contributed by atoms with E-state index in [2.05, 4.69) is 33.2 Å². The standard InChI is InChI=1S/C21H17N3OS/c1-14(25)10-21-24-13-20(26-21)15-5-7-18-16(11-15)12-23-19(18)8-6-17-4-2-3-9-22-17/h2-9,11,13H,10,12H2,1H3/b8-6+. The SMILES string of the molecule is CC(=O)Cc1ncc(-c2ccc3c(c2)CN=C3/C=C/c2ccccn2)s1. The molecule has 26 heavy (non-hydrogen) atoms. The average molecular weight is 359 g/mol. The van der Waals surface area contributed by atoms with Crippen LogP contribution >= 0.6 is 11.3 Å². The molecule has 1 aromatic carbocycles. The van der Waals surface area contributed by atoms with Gasteiger partial charge in [-0.1, -0.05) is 18.2 Å². The van der Waals surface area contributed by atoms with E-state index in [9.17, 15) is 4.79 Å². The largest absolute Gasteiger partial charge is 0.300 e. The summed E-state index contributed by atoms with van der Waals surface area (Å²) in [5.74, 6) is 0.137. The van der Waals surface area contributed by atoms with E-state index in [-0.39, 0.29) is 5.78 Å². The van der Waals surface area contributed by atoms with Crippen molar-refractivity contribution in [1.82, 2.24) is 9.97 Å². The van der Waals surface area contributed by atoms with E-state index in [0.29, 0.717) is 13.0 Å². The predicted octanol–water partition coefficient (Wildman–Crippen LogP) is 4.35. The number of hydrogen-bond donors (Lipinski definition) is 0. The van der Waals surface area contributed by atoms with Gasteiger partial charge < -0.3 is 0 Å². The molecule has 0 radical (unpaired) electrons. The van der Waals surface area contributed by atoms with Gasteiger partial charge >= 0.3 is 0 Å². The number of Topliss-reactive ketones (excluding diaryl/α,β-unsaturated/α-hetero) is 1. The molecule has 1 aliphatic rings. The van der Waals surface area contributed by atoms with Crippen LogP contribution in [0.4, 0.5) is 0 Å². The van der Waals surface area contributed by atoms with Gasteiger partial charge in [-0.3, -0.25) is 14.8 Å². The summed E-state index contributed by atoms with van der Waals surface area (Å²) in [7, 11) is 0. The lowest BCUT2D eigenvalue weighted by atomic mass is 10.0. The highest BCUT2D eigenvalue weighted by molar-refractivity contribution is 7.15. The molecule has 5 heteroatoms. The summed E-state index contributed by atoms with van der Waals surface area (Å²) in [6.07, 6.45) is 8.04. The first kappa shape index (κ1) is 16.5. The van der Waals surface area contributed by atoms with Gasteiger partial charge in [0.25, 0.3) is 0 Å². The molecule has 0 unspecified atom stereocenters. The number of ketones is 1. The number of aliphatic imine (C=N–C) groups is 1. The van der Waals surface area contributed by atoms with Crippen molar-refractivity contribution in [3.8, 4) is 10.4 Å². The Bertz CT molecular complexity index is 1020. The van der Waals surface area contributed by atoms with Crippen molar-refractivity contribution in [1.29, 1.82) is 0 Å². The molecule has 0 saturated heterocycles. The van der Waals surface area contributed by atoms with Crippen LogP contribution in [0.5, 0.6) is 0 Å². The second kappa shape index (κ2) is 7.14. The van der Waals surface area contributed by atoms with Gasteiger partial charge in [0.05, 0.1) is 29.2 Å². The Morgan fingerprint density at radius 3 is 2.92 bits per heavy atom. The van der Waals surface area contributed by atoms with E-state index in [1.165, 1.54) is 5.56 Å². The Balaban J connectivity index is 1.55. The number of rotatable bonds is 5. The third kappa shape index (κ3) is 3.53. The Morgan fingerprint density at radius 2 is 2.12 bits per heavy atom. The smallest absolute Gasteiger partial charge is 0.136 e. The van der Waals surface area contributed by atoms with Crippen LogP contribution in [0.3, 0.4) is 0 Å². The number of allylic oxidation sites excluding steroid dienone is 1. The molecule has 0 atom stereocenters. The monoisotopic (exact) mass is 359 g/mol.